The van der Waals surface area contributed by atoms with Crippen LogP contribution in [0.2, 0.25) is 0 Å². The van der Waals surface area contributed by atoms with E-state index in [-0.39, 0.29) is 47.3 Å². The zero-order valence-electron chi connectivity index (χ0n) is 20.0. The third kappa shape index (κ3) is 4.37. The van der Waals surface area contributed by atoms with Crippen LogP contribution in [0.3, 0.4) is 0 Å². The van der Waals surface area contributed by atoms with Crippen molar-refractivity contribution < 1.29 is 33.1 Å². The molecule has 9 heteroatoms. The summed E-state index contributed by atoms with van der Waals surface area (Å²) in [5, 5.41) is 31.1. The summed E-state index contributed by atoms with van der Waals surface area (Å²) in [4.78, 5) is 11.1. The van der Waals surface area contributed by atoms with Gasteiger partial charge in [-0.15, -0.1) is 0 Å². The molecule has 4 aliphatic carbocycles. The lowest BCUT2D eigenvalue weighted by molar-refractivity contribution is -0.182. The van der Waals surface area contributed by atoms with Gasteiger partial charge in [0, 0.05) is 12.5 Å². The molecule has 33 heavy (non-hydrogen) atoms. The molecule has 4 fully saturated rings. The summed E-state index contributed by atoms with van der Waals surface area (Å²) in [7, 11) is -4.40. The average molecular weight is 488 g/mol. The van der Waals surface area contributed by atoms with Gasteiger partial charge in [0.2, 0.25) is 0 Å². The molecule has 0 saturated heterocycles. The first kappa shape index (κ1) is 25.4. The Bertz CT molecular complexity index is 865. The molecule has 190 valence electrons. The first-order chi connectivity index (χ1) is 15.3. The normalized spacial score (nSPS) is 48.4. The number of carboxylic acids is 1. The van der Waals surface area contributed by atoms with Crippen LogP contribution in [-0.2, 0) is 15.1 Å². The lowest BCUT2D eigenvalue weighted by Gasteiger charge is -2.64. The molecule has 0 bridgehead atoms. The molecule has 4 saturated carbocycles. The van der Waals surface area contributed by atoms with Gasteiger partial charge < -0.3 is 15.3 Å². The molecule has 0 aliphatic heterocycles. The highest BCUT2D eigenvalue weighted by molar-refractivity contribution is 7.83. The van der Waals surface area contributed by atoms with Gasteiger partial charge in [-0.3, -0.25) is 9.35 Å². The van der Waals surface area contributed by atoms with Crippen molar-refractivity contribution in [2.45, 2.75) is 96.8 Å². The number of rotatable bonds is 6. The van der Waals surface area contributed by atoms with Gasteiger partial charge in [0.1, 0.15) is 0 Å². The third-order valence-electron chi connectivity index (χ3n) is 10.7. The number of aliphatic hydroxyl groups excluding tert-OH is 2. The van der Waals surface area contributed by atoms with Gasteiger partial charge in [-0.1, -0.05) is 20.8 Å². The molecule has 0 aromatic rings. The van der Waals surface area contributed by atoms with E-state index < -0.39 is 39.9 Å². The number of nitrogens with one attached hydrogen (secondary N) is 1. The zero-order valence-corrected chi connectivity index (χ0v) is 20.8. The van der Waals surface area contributed by atoms with Crippen molar-refractivity contribution in [3.63, 3.8) is 0 Å². The number of aliphatic hydroxyl groups is 2. The second-order valence-electron chi connectivity index (χ2n) is 12.1. The van der Waals surface area contributed by atoms with Crippen LogP contribution in [0.1, 0.15) is 78.6 Å². The maximum Gasteiger partial charge on any atom is 0.333 e. The van der Waals surface area contributed by atoms with Crippen LogP contribution < -0.4 is 4.72 Å². The second kappa shape index (κ2) is 8.73. The fourth-order valence-corrected chi connectivity index (χ4v) is 9.68. The van der Waals surface area contributed by atoms with Gasteiger partial charge in [-0.05, 0) is 97.7 Å². The monoisotopic (exact) mass is 487 g/mol. The summed E-state index contributed by atoms with van der Waals surface area (Å²) in [5.41, 5.74) is -0.508. The molecular formula is C24H41NO7S. The molecular weight excluding hydrogens is 446 g/mol. The SMILES string of the molecule is C[C@H](CCC(=O)O)[C@H]1CC[C@H]2[C@@H]3[C@H](NS(=O)(=O)O)C[C@@H]4C[C@H](O)CC[C@]4(C)[C@H]3C[C@H](O)[C@]12C. The lowest BCUT2D eigenvalue weighted by atomic mass is 9.42. The quantitative estimate of drug-likeness (QED) is 0.362. The molecule has 0 unspecified atom stereocenters. The highest BCUT2D eigenvalue weighted by Gasteiger charge is 2.66. The zero-order chi connectivity index (χ0) is 24.3. The van der Waals surface area contributed by atoms with Crippen molar-refractivity contribution in [3.05, 3.63) is 0 Å². The van der Waals surface area contributed by atoms with Gasteiger partial charge in [-0.25, -0.2) is 0 Å². The first-order valence-electron chi connectivity index (χ1n) is 12.6. The minimum absolute atomic E-state index is 0.00603. The van der Waals surface area contributed by atoms with Crippen LogP contribution in [0.4, 0.5) is 0 Å². The van der Waals surface area contributed by atoms with Gasteiger partial charge in [0.05, 0.1) is 12.2 Å². The van der Waals surface area contributed by atoms with Crippen LogP contribution in [0.5, 0.6) is 0 Å². The van der Waals surface area contributed by atoms with Crippen molar-refractivity contribution in [1.29, 1.82) is 0 Å². The molecule has 8 nitrogen and oxygen atoms in total. The Morgan fingerprint density at radius 1 is 1.09 bits per heavy atom. The lowest BCUT2D eigenvalue weighted by Crippen LogP contribution is -2.65. The summed E-state index contributed by atoms with van der Waals surface area (Å²) in [6.07, 6.45) is 4.84. The number of hydrogen-bond donors (Lipinski definition) is 5. The van der Waals surface area contributed by atoms with E-state index in [1.807, 2.05) is 0 Å². The Morgan fingerprint density at radius 3 is 2.42 bits per heavy atom. The van der Waals surface area contributed by atoms with Crippen molar-refractivity contribution in [2.24, 2.45) is 46.3 Å². The Hall–Kier alpha value is -0.740. The van der Waals surface area contributed by atoms with Gasteiger partial charge in [0.15, 0.2) is 0 Å². The van der Waals surface area contributed by atoms with E-state index in [0.717, 1.165) is 25.7 Å². The van der Waals surface area contributed by atoms with Crippen molar-refractivity contribution in [1.82, 2.24) is 4.72 Å². The molecule has 0 aromatic carbocycles. The Morgan fingerprint density at radius 2 is 1.79 bits per heavy atom. The fourth-order valence-electron chi connectivity index (χ4n) is 9.04. The number of hydrogen-bond acceptors (Lipinski definition) is 5. The van der Waals surface area contributed by atoms with Crippen LogP contribution in [-0.4, -0.2) is 52.5 Å². The Balaban J connectivity index is 1.69. The summed E-state index contributed by atoms with van der Waals surface area (Å²) < 4.78 is 36.1. The van der Waals surface area contributed by atoms with E-state index >= 15 is 0 Å². The summed E-state index contributed by atoms with van der Waals surface area (Å²) in [5.74, 6) is -0.182. The second-order valence-corrected chi connectivity index (χ2v) is 13.3. The molecule has 5 N–H and O–H groups in total. The van der Waals surface area contributed by atoms with Crippen LogP contribution >= 0.6 is 0 Å². The van der Waals surface area contributed by atoms with Crippen molar-refractivity contribution >= 4 is 16.3 Å². The third-order valence-corrected chi connectivity index (χ3v) is 11.3. The minimum Gasteiger partial charge on any atom is -0.481 e. The maximum absolute atomic E-state index is 11.9. The number of carbonyl (C=O) groups is 1. The summed E-state index contributed by atoms with van der Waals surface area (Å²) in [6, 6.07) is -0.432. The smallest absolute Gasteiger partial charge is 0.333 e. The molecule has 0 spiro atoms. The van der Waals surface area contributed by atoms with Crippen molar-refractivity contribution in [2.75, 3.05) is 0 Å². The Labute approximate surface area is 197 Å². The molecule has 4 rings (SSSR count). The predicted molar refractivity (Wildman–Crippen MR) is 123 cm³/mol. The van der Waals surface area contributed by atoms with Crippen LogP contribution in [0.25, 0.3) is 0 Å². The van der Waals surface area contributed by atoms with Crippen LogP contribution in [0, 0.1) is 46.3 Å². The molecule has 4 aliphatic rings. The topological polar surface area (TPSA) is 144 Å². The largest absolute Gasteiger partial charge is 0.481 e. The minimum atomic E-state index is -4.40. The fraction of sp³-hybridized carbons (Fsp3) is 0.958. The van der Waals surface area contributed by atoms with Gasteiger partial charge in [0.25, 0.3) is 0 Å². The highest BCUT2D eigenvalue weighted by atomic mass is 32.2. The molecule has 0 heterocycles. The van der Waals surface area contributed by atoms with Crippen LogP contribution in [0.15, 0.2) is 0 Å². The van der Waals surface area contributed by atoms with E-state index in [4.69, 9.17) is 5.11 Å². The van der Waals surface area contributed by atoms with E-state index in [9.17, 15) is 28.0 Å². The molecule has 0 radical (unpaired) electrons. The van der Waals surface area contributed by atoms with Gasteiger partial charge >= 0.3 is 16.3 Å². The van der Waals surface area contributed by atoms with E-state index in [1.165, 1.54) is 0 Å². The van der Waals surface area contributed by atoms with Crippen molar-refractivity contribution in [3.8, 4) is 0 Å². The van der Waals surface area contributed by atoms with E-state index in [2.05, 4.69) is 25.5 Å². The number of aliphatic carboxylic acids is 1. The summed E-state index contributed by atoms with van der Waals surface area (Å²) >= 11 is 0. The average Bonchev–Trinajstić information content (AvgIpc) is 3.05. The van der Waals surface area contributed by atoms with Gasteiger partial charge in [-0.2, -0.15) is 13.1 Å². The highest BCUT2D eigenvalue weighted by Crippen LogP contribution is 2.68. The maximum atomic E-state index is 11.9. The predicted octanol–water partition coefficient (Wildman–Crippen LogP) is 2.85. The summed E-state index contributed by atoms with van der Waals surface area (Å²) in [6.45, 7) is 6.45. The van der Waals surface area contributed by atoms with E-state index in [1.54, 1.807) is 0 Å². The number of fused-ring (bicyclic) bond motifs is 5. The van der Waals surface area contributed by atoms with E-state index in [0.29, 0.717) is 25.7 Å². The first-order valence-corrected chi connectivity index (χ1v) is 14.0. The number of carboxylic acid groups (broad SMARTS) is 1. The standard InChI is InChI=1S/C24H41NO7S/c1-13(4-7-21(28)29)16-5-6-17-22-18(12-20(27)24(16,17)3)23(2)9-8-15(26)10-14(23)11-19(22)25-33(30,31)32/h13-20,22,25-27H,4-12H2,1-3H3,(H,28,29)(H,30,31,32)/t13-,14+,15-,16-,17+,18+,19-,20+,22+,23+,24-/m1/s1. The Kier molecular flexibility index (Phi) is 6.71. The molecule has 0 aromatic heterocycles. The molecule has 0 amide bonds. The molecule has 11 atom stereocenters.